The number of allylic oxidation sites excluding steroid dienone is 2. The fraction of sp³-hybridized carbons (Fsp3) is 0.474. The van der Waals surface area contributed by atoms with E-state index in [9.17, 15) is 16.8 Å². The zero-order valence-corrected chi connectivity index (χ0v) is 18.6. The number of nitrogens with one attached hydrogen (secondary N) is 1. The van der Waals surface area contributed by atoms with E-state index in [1.54, 1.807) is 6.08 Å². The molecule has 0 unspecified atom stereocenters. The minimum absolute atomic E-state index is 0.195. The van der Waals surface area contributed by atoms with Gasteiger partial charge in [0.1, 0.15) is 4.90 Å². The van der Waals surface area contributed by atoms with Crippen molar-refractivity contribution in [2.75, 3.05) is 24.3 Å². The Morgan fingerprint density at radius 2 is 1.81 bits per heavy atom. The van der Waals surface area contributed by atoms with Gasteiger partial charge >= 0.3 is 0 Å². The molecule has 1 atom stereocenters. The van der Waals surface area contributed by atoms with Crippen LogP contribution in [0.15, 0.2) is 34.1 Å². The maximum atomic E-state index is 15.3. The molecule has 0 amide bonds. The minimum Gasteiger partial charge on any atom is -0.489 e. The molecule has 2 rings (SSSR count). The molecule has 4 N–H and O–H groups in total. The van der Waals surface area contributed by atoms with Gasteiger partial charge in [-0.1, -0.05) is 24.3 Å². The molecule has 31 heavy (non-hydrogen) atoms. The number of ether oxygens (including phenoxy) is 1. The second-order valence-electron chi connectivity index (χ2n) is 6.83. The number of aliphatic hydroxyl groups is 1. The summed E-state index contributed by atoms with van der Waals surface area (Å²) in [6.45, 7) is 0.738. The Kier molecular flexibility index (Phi) is 8.57. The highest BCUT2D eigenvalue weighted by Crippen LogP contribution is 2.42. The topological polar surface area (TPSA) is 136 Å². The second-order valence-corrected chi connectivity index (χ2v) is 10.4. The number of primary sulfonamides is 1. The molecular weight excluding hydrogens is 454 g/mol. The van der Waals surface area contributed by atoms with Crippen LogP contribution < -0.4 is 15.2 Å². The average Bonchev–Trinajstić information content (AvgIpc) is 2.64. The minimum atomic E-state index is -4.90. The van der Waals surface area contributed by atoms with Crippen LogP contribution in [-0.4, -0.2) is 47.0 Å². The van der Waals surface area contributed by atoms with Crippen LogP contribution >= 0.6 is 0 Å². The molecule has 0 bridgehead atoms. The van der Waals surface area contributed by atoms with E-state index in [-0.39, 0.29) is 13.0 Å². The molecule has 0 spiro atoms. The molecule has 0 heterocycles. The first-order valence-electron chi connectivity index (χ1n) is 9.67. The van der Waals surface area contributed by atoms with Crippen molar-refractivity contribution in [2.45, 2.75) is 48.4 Å². The van der Waals surface area contributed by atoms with Gasteiger partial charge in [-0.05, 0) is 32.6 Å². The zero-order valence-electron chi connectivity index (χ0n) is 17.0. The Morgan fingerprint density at radius 3 is 2.42 bits per heavy atom. The van der Waals surface area contributed by atoms with E-state index in [4.69, 9.17) is 15.0 Å². The molecular formula is C19H26F2N2O6S2. The molecule has 0 aliphatic heterocycles. The molecule has 0 radical (unpaired) electrons. The van der Waals surface area contributed by atoms with Crippen LogP contribution in [0.2, 0.25) is 0 Å². The molecule has 12 heteroatoms. The summed E-state index contributed by atoms with van der Waals surface area (Å²) in [7, 11) is -9.28. The van der Waals surface area contributed by atoms with E-state index >= 15 is 8.78 Å². The molecule has 1 aliphatic rings. The molecule has 0 saturated heterocycles. The van der Waals surface area contributed by atoms with Crippen molar-refractivity contribution in [1.29, 1.82) is 0 Å². The number of sulfonamides is 1. The highest BCUT2D eigenvalue weighted by Gasteiger charge is 2.37. The molecule has 1 aromatic rings. The molecule has 0 saturated carbocycles. The van der Waals surface area contributed by atoms with Gasteiger partial charge in [-0.15, -0.1) is 0 Å². The van der Waals surface area contributed by atoms with E-state index in [1.807, 2.05) is 18.2 Å². The van der Waals surface area contributed by atoms with Gasteiger partial charge in [0.2, 0.25) is 10.0 Å². The van der Waals surface area contributed by atoms with Crippen molar-refractivity contribution < 1.29 is 35.5 Å². The highest BCUT2D eigenvalue weighted by atomic mass is 32.2. The lowest BCUT2D eigenvalue weighted by Gasteiger charge is -2.23. The van der Waals surface area contributed by atoms with Gasteiger partial charge in [0.15, 0.2) is 32.1 Å². The summed E-state index contributed by atoms with van der Waals surface area (Å²) in [6.07, 6.45) is 8.87. The lowest BCUT2D eigenvalue weighted by molar-refractivity contribution is 0.294. The first-order chi connectivity index (χ1) is 14.5. The second kappa shape index (κ2) is 10.5. The molecule has 1 aromatic carbocycles. The fourth-order valence-corrected chi connectivity index (χ4v) is 5.41. The molecule has 0 fully saturated rings. The SMILES string of the molecule is CCOc1c(F)c(S(N)(=O)=O)c(F)c(N[C@H]2/C=C/CC/C=C\C2)c1S(=O)(=O)CCCO. The third-order valence-corrected chi connectivity index (χ3v) is 7.23. The van der Waals surface area contributed by atoms with Crippen LogP contribution in [0.25, 0.3) is 0 Å². The number of benzene rings is 1. The Balaban J connectivity index is 2.83. The summed E-state index contributed by atoms with van der Waals surface area (Å²) < 4.78 is 85.2. The Bertz CT molecular complexity index is 1070. The molecule has 0 aromatic heterocycles. The number of hydrogen-bond acceptors (Lipinski definition) is 7. The summed E-state index contributed by atoms with van der Waals surface area (Å²) in [5.74, 6) is -4.93. The fourth-order valence-electron chi connectivity index (χ4n) is 3.12. The van der Waals surface area contributed by atoms with Crippen LogP contribution in [0.5, 0.6) is 5.75 Å². The normalized spacial score (nSPS) is 19.3. The Labute approximate surface area is 180 Å². The lowest BCUT2D eigenvalue weighted by Crippen LogP contribution is -2.25. The average molecular weight is 481 g/mol. The number of halogens is 2. The summed E-state index contributed by atoms with van der Waals surface area (Å²) in [4.78, 5) is -2.32. The van der Waals surface area contributed by atoms with Crippen molar-refractivity contribution in [3.8, 4) is 5.75 Å². The van der Waals surface area contributed by atoms with E-state index in [2.05, 4.69) is 5.32 Å². The van der Waals surface area contributed by atoms with Crippen molar-refractivity contribution in [1.82, 2.24) is 0 Å². The predicted octanol–water partition coefficient (Wildman–Crippen LogP) is 2.24. The third kappa shape index (κ3) is 6.03. The predicted molar refractivity (Wildman–Crippen MR) is 112 cm³/mol. The van der Waals surface area contributed by atoms with Crippen molar-refractivity contribution >= 4 is 25.5 Å². The maximum Gasteiger partial charge on any atom is 0.244 e. The van der Waals surface area contributed by atoms with Crippen LogP contribution in [-0.2, 0) is 19.9 Å². The Hall–Kier alpha value is -2.02. The van der Waals surface area contributed by atoms with Crippen molar-refractivity contribution in [3.05, 3.63) is 35.9 Å². The van der Waals surface area contributed by atoms with Gasteiger partial charge < -0.3 is 15.2 Å². The number of anilines is 1. The first-order valence-corrected chi connectivity index (χ1v) is 12.9. The van der Waals surface area contributed by atoms with Crippen LogP contribution in [0.3, 0.4) is 0 Å². The zero-order chi connectivity index (χ0) is 23.2. The van der Waals surface area contributed by atoms with Gasteiger partial charge in [0.25, 0.3) is 0 Å². The highest BCUT2D eigenvalue weighted by molar-refractivity contribution is 7.91. The van der Waals surface area contributed by atoms with Gasteiger partial charge in [-0.25, -0.2) is 30.8 Å². The monoisotopic (exact) mass is 480 g/mol. The summed E-state index contributed by atoms with van der Waals surface area (Å²) in [5.41, 5.74) is -0.740. The van der Waals surface area contributed by atoms with Gasteiger partial charge in [0, 0.05) is 12.6 Å². The number of sulfone groups is 1. The number of nitrogens with two attached hydrogens (primary N) is 1. The number of rotatable bonds is 9. The first kappa shape index (κ1) is 25.2. The number of hydrogen-bond donors (Lipinski definition) is 3. The van der Waals surface area contributed by atoms with E-state index in [0.717, 1.165) is 6.42 Å². The van der Waals surface area contributed by atoms with E-state index in [0.29, 0.717) is 12.8 Å². The molecule has 1 aliphatic carbocycles. The van der Waals surface area contributed by atoms with Crippen molar-refractivity contribution in [2.24, 2.45) is 5.14 Å². The molecule has 8 nitrogen and oxygen atoms in total. The summed E-state index contributed by atoms with van der Waals surface area (Å²) in [5, 5.41) is 16.7. The van der Waals surface area contributed by atoms with Crippen LogP contribution in [0.4, 0.5) is 14.5 Å². The Morgan fingerprint density at radius 1 is 1.13 bits per heavy atom. The van der Waals surface area contributed by atoms with Gasteiger partial charge in [0.05, 0.1) is 18.0 Å². The molecule has 174 valence electrons. The maximum absolute atomic E-state index is 15.3. The third-order valence-electron chi connectivity index (χ3n) is 4.46. The summed E-state index contributed by atoms with van der Waals surface area (Å²) in [6, 6.07) is -0.605. The summed E-state index contributed by atoms with van der Waals surface area (Å²) >= 11 is 0. The van der Waals surface area contributed by atoms with E-state index in [1.165, 1.54) is 6.92 Å². The van der Waals surface area contributed by atoms with Crippen LogP contribution in [0.1, 0.15) is 32.6 Å². The van der Waals surface area contributed by atoms with E-state index < -0.39 is 71.1 Å². The van der Waals surface area contributed by atoms with Gasteiger partial charge in [-0.2, -0.15) is 0 Å². The standard InChI is InChI=1S/C19H26F2N2O6S2/c1-2-29-17-15(21)18(31(22,27)28)14(20)16(19(17)30(25,26)12-8-11-24)23-13-9-6-4-3-5-7-10-13/h4,6-7,10,13,23-24H,2-3,5,8-9,11-12H2,1H3,(H2,22,27,28)/b6-4-,10-7+/t13-/m1/s1. The quantitative estimate of drug-likeness (QED) is 0.461. The van der Waals surface area contributed by atoms with Crippen LogP contribution in [0, 0.1) is 11.6 Å². The number of aliphatic hydroxyl groups excluding tert-OH is 1. The smallest absolute Gasteiger partial charge is 0.244 e. The van der Waals surface area contributed by atoms with Gasteiger partial charge in [-0.3, -0.25) is 0 Å². The lowest BCUT2D eigenvalue weighted by atomic mass is 10.1. The van der Waals surface area contributed by atoms with Crippen molar-refractivity contribution in [3.63, 3.8) is 0 Å². The largest absolute Gasteiger partial charge is 0.489 e.